The summed E-state index contributed by atoms with van der Waals surface area (Å²) in [4.78, 5) is 15.4. The number of aromatic nitrogens is 1. The van der Waals surface area contributed by atoms with E-state index in [9.17, 15) is 10.1 Å². The van der Waals surface area contributed by atoms with Crippen molar-refractivity contribution in [2.75, 3.05) is 11.9 Å². The molecule has 0 aliphatic carbocycles. The van der Waals surface area contributed by atoms with Gasteiger partial charge in [-0.1, -0.05) is 26.0 Å². The molecule has 1 aromatic carbocycles. The normalized spacial score (nSPS) is 11.7. The highest BCUT2D eigenvalue weighted by molar-refractivity contribution is 5.88. The zero-order valence-corrected chi connectivity index (χ0v) is 15.3. The average Bonchev–Trinajstić information content (AvgIpc) is 2.58. The van der Waals surface area contributed by atoms with Gasteiger partial charge in [-0.2, -0.15) is 5.26 Å². The van der Waals surface area contributed by atoms with E-state index >= 15 is 0 Å². The lowest BCUT2D eigenvalue weighted by atomic mass is 10.0. The summed E-state index contributed by atoms with van der Waals surface area (Å²) < 4.78 is 5.94. The molecule has 3 N–H and O–H groups in total. The third-order valence-corrected chi connectivity index (χ3v) is 3.73. The minimum atomic E-state index is -0.198. The van der Waals surface area contributed by atoms with E-state index in [1.54, 1.807) is 24.4 Å². The Kier molecular flexibility index (Phi) is 6.70. The molecule has 1 amide bonds. The van der Waals surface area contributed by atoms with Crippen LogP contribution >= 0.6 is 0 Å². The van der Waals surface area contributed by atoms with Crippen molar-refractivity contribution in [1.82, 2.24) is 4.98 Å². The Morgan fingerprint density at radius 3 is 2.81 bits per heavy atom. The Labute approximate surface area is 154 Å². The maximum atomic E-state index is 11.3. The Bertz CT molecular complexity index is 812. The van der Waals surface area contributed by atoms with Crippen molar-refractivity contribution in [1.29, 1.82) is 5.26 Å². The van der Waals surface area contributed by atoms with Gasteiger partial charge in [0.2, 0.25) is 5.91 Å². The molecular weight excluding hydrogens is 328 g/mol. The molecule has 0 radical (unpaired) electrons. The molecule has 6 heteroatoms. The Morgan fingerprint density at radius 2 is 2.15 bits per heavy atom. The molecule has 0 aliphatic rings. The molecule has 136 valence electrons. The first kappa shape index (κ1) is 19.4. The van der Waals surface area contributed by atoms with Gasteiger partial charge in [-0.25, -0.2) is 4.98 Å². The second-order valence-corrected chi connectivity index (χ2v) is 6.61. The van der Waals surface area contributed by atoms with Gasteiger partial charge in [0.15, 0.2) is 0 Å². The lowest BCUT2D eigenvalue weighted by Gasteiger charge is -2.18. The van der Waals surface area contributed by atoms with Crippen LogP contribution in [0.2, 0.25) is 0 Å². The number of anilines is 1. The van der Waals surface area contributed by atoms with Crippen molar-refractivity contribution in [3.63, 3.8) is 0 Å². The predicted octanol–water partition coefficient (Wildman–Crippen LogP) is 3.33. The number of carbonyl (C=O) groups excluding carboxylic acids is 1. The van der Waals surface area contributed by atoms with Crippen LogP contribution in [0, 0.1) is 17.2 Å². The summed E-state index contributed by atoms with van der Waals surface area (Å²) in [6, 6.07) is 11.0. The van der Waals surface area contributed by atoms with E-state index in [2.05, 4.69) is 30.2 Å². The molecule has 1 atom stereocenters. The van der Waals surface area contributed by atoms with E-state index in [-0.39, 0.29) is 11.9 Å². The summed E-state index contributed by atoms with van der Waals surface area (Å²) in [5.74, 6) is 1.21. The number of hydrogen-bond donors (Lipinski definition) is 2. The number of amides is 1. The van der Waals surface area contributed by atoms with Gasteiger partial charge < -0.3 is 15.8 Å². The Balaban J connectivity index is 2.34. The molecule has 26 heavy (non-hydrogen) atoms. The number of hydrogen-bond acceptors (Lipinski definition) is 5. The molecule has 1 aromatic heterocycles. The lowest BCUT2D eigenvalue weighted by Crippen LogP contribution is -2.29. The maximum Gasteiger partial charge on any atom is 0.222 e. The summed E-state index contributed by atoms with van der Waals surface area (Å²) in [5.41, 5.74) is 8.12. The minimum Gasteiger partial charge on any atom is -0.490 e. The zero-order valence-electron chi connectivity index (χ0n) is 15.3. The van der Waals surface area contributed by atoms with Crippen molar-refractivity contribution >= 4 is 11.7 Å². The van der Waals surface area contributed by atoms with Gasteiger partial charge in [-0.05, 0) is 36.1 Å². The number of nitrogens with two attached hydrogens (primary N) is 1. The number of carbonyl (C=O) groups is 1. The molecular formula is C20H24N4O2. The van der Waals surface area contributed by atoms with Gasteiger partial charge in [-0.15, -0.1) is 0 Å². The van der Waals surface area contributed by atoms with Crippen molar-refractivity contribution in [2.24, 2.45) is 11.7 Å². The number of nitrogens with one attached hydrogen (secondary N) is 1. The number of nitriles is 1. The van der Waals surface area contributed by atoms with E-state index < -0.39 is 0 Å². The number of para-hydroxylation sites is 1. The molecule has 0 fully saturated rings. The van der Waals surface area contributed by atoms with Gasteiger partial charge >= 0.3 is 0 Å². The first-order chi connectivity index (χ1) is 12.4. The highest BCUT2D eigenvalue weighted by Gasteiger charge is 2.15. The van der Waals surface area contributed by atoms with Crippen molar-refractivity contribution in [3.8, 4) is 22.9 Å². The molecule has 2 aromatic rings. The smallest absolute Gasteiger partial charge is 0.222 e. The van der Waals surface area contributed by atoms with Crippen LogP contribution in [-0.4, -0.2) is 23.5 Å². The number of ether oxygens (including phenoxy) is 1. The second kappa shape index (κ2) is 8.97. The van der Waals surface area contributed by atoms with E-state index in [0.717, 1.165) is 17.5 Å². The summed E-state index contributed by atoms with van der Waals surface area (Å²) in [5, 5.41) is 12.1. The van der Waals surface area contributed by atoms with Crippen LogP contribution in [0.1, 0.15) is 32.8 Å². The second-order valence-electron chi connectivity index (χ2n) is 6.61. The van der Waals surface area contributed by atoms with E-state index in [1.165, 1.54) is 6.92 Å². The van der Waals surface area contributed by atoms with E-state index in [0.29, 0.717) is 29.7 Å². The molecule has 2 rings (SSSR count). The maximum absolute atomic E-state index is 11.3. The van der Waals surface area contributed by atoms with Crippen molar-refractivity contribution in [3.05, 3.63) is 42.1 Å². The quantitative estimate of drug-likeness (QED) is 0.796. The first-order valence-electron chi connectivity index (χ1n) is 8.56. The largest absolute Gasteiger partial charge is 0.490 e. The first-order valence-corrected chi connectivity index (χ1v) is 8.56. The zero-order chi connectivity index (χ0) is 19.1. The summed E-state index contributed by atoms with van der Waals surface area (Å²) in [7, 11) is 0. The molecule has 1 unspecified atom stereocenters. The Hall–Kier alpha value is -2.91. The third kappa shape index (κ3) is 5.30. The topological polar surface area (TPSA) is 101 Å². The fourth-order valence-corrected chi connectivity index (χ4v) is 2.72. The monoisotopic (exact) mass is 352 g/mol. The molecule has 0 bridgehead atoms. The lowest BCUT2D eigenvalue weighted by molar-refractivity contribution is -0.114. The van der Waals surface area contributed by atoms with E-state index in [1.807, 2.05) is 12.1 Å². The third-order valence-electron chi connectivity index (χ3n) is 3.73. The van der Waals surface area contributed by atoms with Crippen LogP contribution in [-0.2, 0) is 4.79 Å². The van der Waals surface area contributed by atoms with Crippen LogP contribution in [0.4, 0.5) is 5.82 Å². The predicted molar refractivity (Wildman–Crippen MR) is 102 cm³/mol. The fourth-order valence-electron chi connectivity index (χ4n) is 2.72. The van der Waals surface area contributed by atoms with Crippen LogP contribution in [0.15, 0.2) is 36.5 Å². The molecule has 6 nitrogen and oxygen atoms in total. The molecule has 0 aliphatic heterocycles. The Morgan fingerprint density at radius 1 is 1.38 bits per heavy atom. The van der Waals surface area contributed by atoms with E-state index in [4.69, 9.17) is 10.5 Å². The highest BCUT2D eigenvalue weighted by Crippen LogP contribution is 2.34. The van der Waals surface area contributed by atoms with Crippen molar-refractivity contribution < 1.29 is 9.53 Å². The minimum absolute atomic E-state index is 0.109. The van der Waals surface area contributed by atoms with Crippen LogP contribution in [0.3, 0.4) is 0 Å². The van der Waals surface area contributed by atoms with Gasteiger partial charge in [-0.3, -0.25) is 4.79 Å². The highest BCUT2D eigenvalue weighted by atomic mass is 16.5. The number of rotatable bonds is 7. The molecule has 1 heterocycles. The number of nitrogens with zero attached hydrogens (tertiary/aromatic N) is 2. The number of pyridine rings is 1. The molecule has 0 saturated heterocycles. The van der Waals surface area contributed by atoms with Crippen LogP contribution in [0.25, 0.3) is 11.1 Å². The summed E-state index contributed by atoms with van der Waals surface area (Å²) in [6.45, 7) is 5.97. The van der Waals surface area contributed by atoms with Crippen LogP contribution < -0.4 is 15.8 Å². The van der Waals surface area contributed by atoms with Crippen LogP contribution in [0.5, 0.6) is 5.75 Å². The van der Waals surface area contributed by atoms with Crippen molar-refractivity contribution in [2.45, 2.75) is 33.2 Å². The molecule has 0 saturated carbocycles. The number of benzene rings is 1. The van der Waals surface area contributed by atoms with Gasteiger partial charge in [0.05, 0.1) is 5.56 Å². The van der Waals surface area contributed by atoms with Gasteiger partial charge in [0.1, 0.15) is 24.2 Å². The SMILES string of the molecule is CC(=O)Nc1cc(-c2cccc(C#N)c2OCC(N)CC(C)C)ccn1. The molecule has 0 spiro atoms. The van der Waals surface area contributed by atoms with Gasteiger partial charge in [0.25, 0.3) is 0 Å². The standard InChI is InChI=1S/C20H24N4O2/c1-13(2)9-17(22)12-26-20-16(11-21)5-4-6-18(20)15-7-8-23-19(10-15)24-14(3)25/h4-8,10,13,17H,9,12,22H2,1-3H3,(H,23,24,25). The fraction of sp³-hybridized carbons (Fsp3) is 0.350. The van der Waals surface area contributed by atoms with Gasteiger partial charge in [0, 0.05) is 24.7 Å². The average molecular weight is 352 g/mol. The summed E-state index contributed by atoms with van der Waals surface area (Å²) >= 11 is 0. The summed E-state index contributed by atoms with van der Waals surface area (Å²) in [6.07, 6.45) is 2.44.